The molecule has 1 atom stereocenters. The van der Waals surface area contributed by atoms with Crippen molar-refractivity contribution in [3.63, 3.8) is 0 Å². The Labute approximate surface area is 111 Å². The van der Waals surface area contributed by atoms with E-state index >= 15 is 0 Å². The third-order valence-corrected chi connectivity index (χ3v) is 3.38. The summed E-state index contributed by atoms with van der Waals surface area (Å²) in [6.45, 7) is 0.365. The van der Waals surface area contributed by atoms with E-state index in [9.17, 15) is 9.59 Å². The third kappa shape index (κ3) is 2.03. The second-order valence-electron chi connectivity index (χ2n) is 4.57. The van der Waals surface area contributed by atoms with Gasteiger partial charge in [0, 0.05) is 23.4 Å². The number of Topliss-reactive ketones (excluding diaryl/α,β-unsaturated/α-hetero) is 2. The molecule has 0 saturated carbocycles. The second-order valence-corrected chi connectivity index (χ2v) is 4.57. The summed E-state index contributed by atoms with van der Waals surface area (Å²) in [6, 6.07) is 16.3. The Bertz CT molecular complexity index is 634. The molecule has 3 heteroatoms. The van der Waals surface area contributed by atoms with E-state index in [2.05, 4.69) is 5.32 Å². The van der Waals surface area contributed by atoms with E-state index in [1.54, 1.807) is 18.2 Å². The molecule has 19 heavy (non-hydrogen) atoms. The second kappa shape index (κ2) is 4.69. The lowest BCUT2D eigenvalue weighted by Gasteiger charge is -2.23. The number of ketones is 2. The van der Waals surface area contributed by atoms with Gasteiger partial charge >= 0.3 is 0 Å². The zero-order valence-electron chi connectivity index (χ0n) is 10.3. The normalized spacial score (nSPS) is 17.5. The summed E-state index contributed by atoms with van der Waals surface area (Å²) in [5.41, 5.74) is 2.00. The minimum atomic E-state index is -0.628. The van der Waals surface area contributed by atoms with Gasteiger partial charge in [0.1, 0.15) is 5.92 Å². The van der Waals surface area contributed by atoms with Crippen molar-refractivity contribution in [2.75, 3.05) is 11.9 Å². The number of benzene rings is 2. The molecule has 1 aliphatic rings. The van der Waals surface area contributed by atoms with E-state index in [-0.39, 0.29) is 11.6 Å². The van der Waals surface area contributed by atoms with E-state index in [4.69, 9.17) is 0 Å². The minimum absolute atomic E-state index is 0.0943. The molecule has 0 spiro atoms. The summed E-state index contributed by atoms with van der Waals surface area (Å²) in [5, 5.41) is 3.15. The first-order valence-electron chi connectivity index (χ1n) is 6.24. The highest BCUT2D eigenvalue weighted by molar-refractivity contribution is 6.19. The van der Waals surface area contributed by atoms with Crippen molar-refractivity contribution in [3.05, 3.63) is 65.7 Å². The van der Waals surface area contributed by atoms with Crippen LogP contribution >= 0.6 is 0 Å². The standard InChI is InChI=1S/C16H13NO2/c18-15(11-6-2-1-3-7-11)13-10-17-14-9-5-4-8-12(14)16(13)19/h1-9,13,17H,10H2. The SMILES string of the molecule is O=C(c1ccccc1)C1CNc2ccccc2C1=O. The molecular weight excluding hydrogens is 238 g/mol. The van der Waals surface area contributed by atoms with Gasteiger partial charge in [0.05, 0.1) is 0 Å². The smallest absolute Gasteiger partial charge is 0.177 e. The zero-order chi connectivity index (χ0) is 13.2. The molecule has 0 amide bonds. The Hall–Kier alpha value is -2.42. The molecule has 3 nitrogen and oxygen atoms in total. The Kier molecular flexibility index (Phi) is 2.88. The van der Waals surface area contributed by atoms with Crippen molar-refractivity contribution in [3.8, 4) is 0 Å². The lowest BCUT2D eigenvalue weighted by molar-refractivity contribution is 0.0812. The molecular formula is C16H13NO2. The molecule has 1 N–H and O–H groups in total. The zero-order valence-corrected chi connectivity index (χ0v) is 10.3. The molecule has 0 aromatic heterocycles. The monoisotopic (exact) mass is 251 g/mol. The van der Waals surface area contributed by atoms with Crippen LogP contribution in [-0.4, -0.2) is 18.1 Å². The minimum Gasteiger partial charge on any atom is -0.383 e. The first-order valence-corrected chi connectivity index (χ1v) is 6.24. The highest BCUT2D eigenvalue weighted by atomic mass is 16.2. The topological polar surface area (TPSA) is 46.2 Å². The average molecular weight is 251 g/mol. The van der Waals surface area contributed by atoms with Crippen molar-refractivity contribution in [1.82, 2.24) is 0 Å². The van der Waals surface area contributed by atoms with Crippen molar-refractivity contribution in [2.45, 2.75) is 0 Å². The molecule has 1 heterocycles. The summed E-state index contributed by atoms with van der Waals surface area (Å²) in [5.74, 6) is -0.840. The molecule has 0 fully saturated rings. The highest BCUT2D eigenvalue weighted by Gasteiger charge is 2.32. The predicted octanol–water partition coefficient (Wildman–Crippen LogP) is 2.79. The van der Waals surface area contributed by atoms with Crippen LogP contribution in [0.3, 0.4) is 0 Å². The summed E-state index contributed by atoms with van der Waals surface area (Å²) in [6.07, 6.45) is 0. The number of hydrogen-bond donors (Lipinski definition) is 1. The Morgan fingerprint density at radius 2 is 1.68 bits per heavy atom. The van der Waals surface area contributed by atoms with Gasteiger partial charge in [0.15, 0.2) is 11.6 Å². The van der Waals surface area contributed by atoms with Crippen molar-refractivity contribution in [1.29, 1.82) is 0 Å². The number of hydrogen-bond acceptors (Lipinski definition) is 3. The first-order chi connectivity index (χ1) is 9.27. The predicted molar refractivity (Wildman–Crippen MR) is 73.5 cm³/mol. The van der Waals surface area contributed by atoms with Gasteiger partial charge in [-0.25, -0.2) is 0 Å². The van der Waals surface area contributed by atoms with Crippen LogP contribution in [0.25, 0.3) is 0 Å². The van der Waals surface area contributed by atoms with E-state index in [1.807, 2.05) is 36.4 Å². The van der Waals surface area contributed by atoms with Crippen molar-refractivity contribution >= 4 is 17.3 Å². The van der Waals surface area contributed by atoms with Crippen LogP contribution in [0, 0.1) is 5.92 Å². The van der Waals surface area contributed by atoms with Crippen LogP contribution in [0.5, 0.6) is 0 Å². The Morgan fingerprint density at radius 1 is 1.00 bits per heavy atom. The van der Waals surface area contributed by atoms with Gasteiger partial charge in [-0.15, -0.1) is 0 Å². The molecule has 94 valence electrons. The average Bonchev–Trinajstić information content (AvgIpc) is 2.48. The fourth-order valence-electron chi connectivity index (χ4n) is 2.36. The Balaban J connectivity index is 1.93. The highest BCUT2D eigenvalue weighted by Crippen LogP contribution is 2.26. The largest absolute Gasteiger partial charge is 0.383 e. The van der Waals surface area contributed by atoms with E-state index in [1.165, 1.54) is 0 Å². The lowest BCUT2D eigenvalue weighted by Crippen LogP contribution is -2.35. The molecule has 2 aromatic carbocycles. The first kappa shape index (κ1) is 11.7. The van der Waals surface area contributed by atoms with E-state index < -0.39 is 5.92 Å². The maximum absolute atomic E-state index is 12.4. The van der Waals surface area contributed by atoms with Crippen LogP contribution in [0.1, 0.15) is 20.7 Å². The quantitative estimate of drug-likeness (QED) is 0.659. The van der Waals surface area contributed by atoms with Gasteiger partial charge < -0.3 is 5.32 Å². The van der Waals surface area contributed by atoms with Gasteiger partial charge in [0.2, 0.25) is 0 Å². The van der Waals surface area contributed by atoms with E-state index in [0.29, 0.717) is 17.7 Å². The summed E-state index contributed by atoms with van der Waals surface area (Å²) < 4.78 is 0. The third-order valence-electron chi connectivity index (χ3n) is 3.38. The number of para-hydroxylation sites is 1. The van der Waals surface area contributed by atoms with Crippen LogP contribution in [0.15, 0.2) is 54.6 Å². The maximum atomic E-state index is 12.4. The summed E-state index contributed by atoms with van der Waals surface area (Å²) in [4.78, 5) is 24.7. The van der Waals surface area contributed by atoms with Gasteiger partial charge in [0.25, 0.3) is 0 Å². The molecule has 3 rings (SSSR count). The number of fused-ring (bicyclic) bond motifs is 1. The lowest BCUT2D eigenvalue weighted by atomic mass is 9.86. The molecule has 0 saturated heterocycles. The fraction of sp³-hybridized carbons (Fsp3) is 0.125. The fourth-order valence-corrected chi connectivity index (χ4v) is 2.36. The molecule has 1 unspecified atom stereocenters. The number of nitrogens with one attached hydrogen (secondary N) is 1. The van der Waals surface area contributed by atoms with Gasteiger partial charge in [-0.2, -0.15) is 0 Å². The van der Waals surface area contributed by atoms with Crippen LogP contribution in [0.4, 0.5) is 5.69 Å². The number of anilines is 1. The van der Waals surface area contributed by atoms with Gasteiger partial charge in [-0.1, -0.05) is 42.5 Å². The van der Waals surface area contributed by atoms with E-state index in [0.717, 1.165) is 5.69 Å². The molecule has 0 aliphatic carbocycles. The van der Waals surface area contributed by atoms with Crippen LogP contribution < -0.4 is 5.32 Å². The number of carbonyl (C=O) groups is 2. The molecule has 1 aliphatic heterocycles. The Morgan fingerprint density at radius 3 is 2.47 bits per heavy atom. The van der Waals surface area contributed by atoms with Gasteiger partial charge in [-0.3, -0.25) is 9.59 Å². The summed E-state index contributed by atoms with van der Waals surface area (Å²) in [7, 11) is 0. The molecule has 0 radical (unpaired) electrons. The number of carbonyl (C=O) groups excluding carboxylic acids is 2. The van der Waals surface area contributed by atoms with Crippen molar-refractivity contribution < 1.29 is 9.59 Å². The van der Waals surface area contributed by atoms with Crippen molar-refractivity contribution in [2.24, 2.45) is 5.92 Å². The van der Waals surface area contributed by atoms with Crippen LogP contribution in [0.2, 0.25) is 0 Å². The maximum Gasteiger partial charge on any atom is 0.177 e. The van der Waals surface area contributed by atoms with Crippen LogP contribution in [-0.2, 0) is 0 Å². The summed E-state index contributed by atoms with van der Waals surface area (Å²) >= 11 is 0. The van der Waals surface area contributed by atoms with Gasteiger partial charge in [-0.05, 0) is 12.1 Å². The molecule has 0 bridgehead atoms. The number of rotatable bonds is 2. The molecule has 2 aromatic rings.